The van der Waals surface area contributed by atoms with Gasteiger partial charge in [-0.25, -0.2) is 18.2 Å². The van der Waals surface area contributed by atoms with Gasteiger partial charge in [0.25, 0.3) is 0 Å². The van der Waals surface area contributed by atoms with Crippen LogP contribution < -0.4 is 10.6 Å². The minimum Gasteiger partial charge on any atom is -0.453 e. The van der Waals surface area contributed by atoms with Crippen LogP contribution in [0.2, 0.25) is 0 Å². The van der Waals surface area contributed by atoms with E-state index in [1.54, 1.807) is 26.0 Å². The highest BCUT2D eigenvalue weighted by Gasteiger charge is 2.40. The van der Waals surface area contributed by atoms with Crippen molar-refractivity contribution in [3.63, 3.8) is 0 Å². The molecular weight excluding hydrogens is 495 g/mol. The summed E-state index contributed by atoms with van der Waals surface area (Å²) >= 11 is 0. The van der Waals surface area contributed by atoms with Gasteiger partial charge >= 0.3 is 6.09 Å². The molecule has 0 unspecified atom stereocenters. The van der Waals surface area contributed by atoms with Gasteiger partial charge < -0.3 is 15.0 Å². The fourth-order valence-corrected chi connectivity index (χ4v) is 4.14. The van der Waals surface area contributed by atoms with E-state index < -0.39 is 20.7 Å². The predicted molar refractivity (Wildman–Crippen MR) is 122 cm³/mol. The maximum Gasteiger partial charge on any atom is 0.411 e. The molecule has 1 saturated heterocycles. The Labute approximate surface area is 184 Å². The molecule has 1 fully saturated rings. The Kier molecular flexibility index (Phi) is 8.99. The van der Waals surface area contributed by atoms with Crippen LogP contribution in [0.5, 0.6) is 0 Å². The van der Waals surface area contributed by atoms with Crippen LogP contribution in [0.4, 0.5) is 10.5 Å². The van der Waals surface area contributed by atoms with Crippen molar-refractivity contribution in [2.45, 2.75) is 32.1 Å². The summed E-state index contributed by atoms with van der Waals surface area (Å²) in [5.41, 5.74) is 1.62. The molecule has 0 aromatic heterocycles. The summed E-state index contributed by atoms with van der Waals surface area (Å²) in [6.45, 7) is 7.47. The number of methoxy groups -OCH3 is 1. The van der Waals surface area contributed by atoms with Crippen molar-refractivity contribution in [2.24, 2.45) is 4.99 Å². The molecule has 28 heavy (non-hydrogen) atoms. The topological polar surface area (TPSA) is 100 Å². The largest absolute Gasteiger partial charge is 0.453 e. The Morgan fingerprint density at radius 3 is 2.46 bits per heavy atom. The Hall–Kier alpha value is -1.56. The molecule has 0 radical (unpaired) electrons. The van der Waals surface area contributed by atoms with Crippen molar-refractivity contribution >= 4 is 51.6 Å². The van der Waals surface area contributed by atoms with Crippen molar-refractivity contribution in [1.82, 2.24) is 10.2 Å². The fourth-order valence-electron chi connectivity index (χ4n) is 2.78. The van der Waals surface area contributed by atoms with Gasteiger partial charge in [-0.2, -0.15) is 0 Å². The molecule has 1 aliphatic rings. The van der Waals surface area contributed by atoms with Gasteiger partial charge in [0.1, 0.15) is 0 Å². The number of guanidine groups is 1. The van der Waals surface area contributed by atoms with Gasteiger partial charge in [0.2, 0.25) is 0 Å². The second kappa shape index (κ2) is 10.3. The first-order valence-corrected chi connectivity index (χ1v) is 10.5. The Balaban J connectivity index is 0.00000392. The van der Waals surface area contributed by atoms with E-state index in [2.05, 4.69) is 20.4 Å². The van der Waals surface area contributed by atoms with E-state index in [1.165, 1.54) is 7.11 Å². The SMILES string of the molecule is CCNC(=NCc1ccc(NC(=O)OC)cc1)N1CCS(=O)(=O)C(C)(C)C1.I. The molecule has 0 atom stereocenters. The third-order valence-electron chi connectivity index (χ3n) is 4.48. The zero-order valence-corrected chi connectivity index (χ0v) is 19.8. The number of carbonyl (C=O) groups is 1. The molecule has 1 aromatic rings. The number of aliphatic imine (C=N–C) groups is 1. The van der Waals surface area contributed by atoms with Crippen LogP contribution in [0.3, 0.4) is 0 Å². The number of carbonyl (C=O) groups excluding carboxylic acids is 1. The van der Waals surface area contributed by atoms with Crippen molar-refractivity contribution in [1.29, 1.82) is 0 Å². The molecule has 0 bridgehead atoms. The van der Waals surface area contributed by atoms with Crippen LogP contribution in [-0.4, -0.2) is 62.6 Å². The molecule has 1 aromatic carbocycles. The second-order valence-electron chi connectivity index (χ2n) is 6.98. The Morgan fingerprint density at radius 2 is 1.93 bits per heavy atom. The number of nitrogens with zero attached hydrogens (tertiary/aromatic N) is 2. The number of halogens is 1. The summed E-state index contributed by atoms with van der Waals surface area (Å²) in [6.07, 6.45) is -0.516. The van der Waals surface area contributed by atoms with Crippen molar-refractivity contribution in [3.05, 3.63) is 29.8 Å². The minimum atomic E-state index is -3.10. The van der Waals surface area contributed by atoms with Gasteiger partial charge in [0.15, 0.2) is 15.8 Å². The number of sulfone groups is 1. The van der Waals surface area contributed by atoms with Crippen LogP contribution in [0.15, 0.2) is 29.3 Å². The third kappa shape index (κ3) is 6.23. The van der Waals surface area contributed by atoms with Crippen LogP contribution in [-0.2, 0) is 21.1 Å². The summed E-state index contributed by atoms with van der Waals surface area (Å²) in [4.78, 5) is 17.9. The van der Waals surface area contributed by atoms with E-state index in [4.69, 9.17) is 0 Å². The Bertz CT molecular complexity index is 794. The summed E-state index contributed by atoms with van der Waals surface area (Å²) in [5, 5.41) is 5.84. The van der Waals surface area contributed by atoms with E-state index in [1.807, 2.05) is 24.0 Å². The average molecular weight is 524 g/mol. The lowest BCUT2D eigenvalue weighted by atomic mass is 10.2. The van der Waals surface area contributed by atoms with E-state index >= 15 is 0 Å². The minimum absolute atomic E-state index is 0. The molecule has 158 valence electrons. The van der Waals surface area contributed by atoms with Crippen LogP contribution in [0.1, 0.15) is 26.3 Å². The van der Waals surface area contributed by atoms with Gasteiger partial charge in [-0.05, 0) is 38.5 Å². The molecule has 8 nitrogen and oxygen atoms in total. The molecule has 10 heteroatoms. The summed E-state index contributed by atoms with van der Waals surface area (Å²) in [5.74, 6) is 0.829. The molecule has 2 rings (SSSR count). The number of nitrogens with one attached hydrogen (secondary N) is 2. The normalized spacial score (nSPS) is 18.0. The predicted octanol–water partition coefficient (Wildman–Crippen LogP) is 2.46. The lowest BCUT2D eigenvalue weighted by Crippen LogP contribution is -2.57. The maximum atomic E-state index is 12.2. The molecular formula is C18H29IN4O4S. The van der Waals surface area contributed by atoms with Crippen molar-refractivity contribution in [2.75, 3.05) is 37.8 Å². The first-order valence-electron chi connectivity index (χ1n) is 8.88. The zero-order valence-electron chi connectivity index (χ0n) is 16.7. The monoisotopic (exact) mass is 524 g/mol. The number of benzene rings is 1. The smallest absolute Gasteiger partial charge is 0.411 e. The standard InChI is InChI=1S/C18H28N4O4S.HI/c1-5-19-16(22-10-11-27(24,25)18(2,3)13-22)20-12-14-6-8-15(9-7-14)21-17(23)26-4;/h6-9H,5,10-13H2,1-4H3,(H,19,20)(H,21,23);1H. The van der Waals surface area contributed by atoms with Crippen LogP contribution in [0, 0.1) is 0 Å². The number of anilines is 1. The van der Waals surface area contributed by atoms with Gasteiger partial charge in [-0.3, -0.25) is 5.32 Å². The van der Waals surface area contributed by atoms with Gasteiger partial charge in [0, 0.05) is 25.3 Å². The number of amides is 1. The highest BCUT2D eigenvalue weighted by Crippen LogP contribution is 2.23. The third-order valence-corrected chi connectivity index (χ3v) is 7.01. The first-order chi connectivity index (χ1) is 12.7. The summed E-state index contributed by atoms with van der Waals surface area (Å²) in [7, 11) is -1.78. The van der Waals surface area contributed by atoms with E-state index in [-0.39, 0.29) is 29.7 Å². The van der Waals surface area contributed by atoms with Gasteiger partial charge in [-0.15, -0.1) is 24.0 Å². The highest BCUT2D eigenvalue weighted by molar-refractivity contribution is 14.0. The average Bonchev–Trinajstić information content (AvgIpc) is 2.62. The molecule has 1 aliphatic heterocycles. The molecule has 0 spiro atoms. The maximum absolute atomic E-state index is 12.2. The van der Waals surface area contributed by atoms with E-state index in [0.29, 0.717) is 37.8 Å². The van der Waals surface area contributed by atoms with Crippen molar-refractivity contribution in [3.8, 4) is 0 Å². The Morgan fingerprint density at radius 1 is 1.29 bits per heavy atom. The molecule has 2 N–H and O–H groups in total. The lowest BCUT2D eigenvalue weighted by molar-refractivity contribution is 0.187. The number of ether oxygens (including phenoxy) is 1. The number of hydrogen-bond acceptors (Lipinski definition) is 5. The second-order valence-corrected chi connectivity index (χ2v) is 9.73. The van der Waals surface area contributed by atoms with Crippen LogP contribution in [0.25, 0.3) is 0 Å². The molecule has 1 amide bonds. The van der Waals surface area contributed by atoms with E-state index in [9.17, 15) is 13.2 Å². The number of rotatable bonds is 4. The zero-order chi connectivity index (χ0) is 20.1. The highest BCUT2D eigenvalue weighted by atomic mass is 127. The summed E-state index contributed by atoms with van der Waals surface area (Å²) in [6, 6.07) is 7.32. The number of hydrogen-bond donors (Lipinski definition) is 2. The van der Waals surface area contributed by atoms with E-state index in [0.717, 1.165) is 5.56 Å². The molecule has 1 heterocycles. The molecule has 0 saturated carbocycles. The molecule has 0 aliphatic carbocycles. The fraction of sp³-hybridized carbons (Fsp3) is 0.556. The van der Waals surface area contributed by atoms with Crippen molar-refractivity contribution < 1.29 is 17.9 Å². The van der Waals surface area contributed by atoms with Crippen LogP contribution >= 0.6 is 24.0 Å². The van der Waals surface area contributed by atoms with Gasteiger partial charge in [0.05, 0.1) is 24.2 Å². The van der Waals surface area contributed by atoms with Gasteiger partial charge in [-0.1, -0.05) is 12.1 Å². The summed E-state index contributed by atoms with van der Waals surface area (Å²) < 4.78 is 28.2. The first kappa shape index (κ1) is 24.5. The lowest BCUT2D eigenvalue weighted by Gasteiger charge is -2.39. The quantitative estimate of drug-likeness (QED) is 0.357.